The second-order valence-electron chi connectivity index (χ2n) is 5.12. The summed E-state index contributed by atoms with van der Waals surface area (Å²) in [5.74, 6) is -0.732. The summed E-state index contributed by atoms with van der Waals surface area (Å²) >= 11 is 0. The zero-order valence-corrected chi connectivity index (χ0v) is 13.8. The summed E-state index contributed by atoms with van der Waals surface area (Å²) in [5, 5.41) is -0.163. The third kappa shape index (κ3) is 3.93. The fourth-order valence-corrected chi connectivity index (χ4v) is 2.98. The van der Waals surface area contributed by atoms with Crippen LogP contribution in [0, 0.1) is 0 Å². The first-order valence-electron chi connectivity index (χ1n) is 6.88. The van der Waals surface area contributed by atoms with Gasteiger partial charge in [0.1, 0.15) is 6.04 Å². The average Bonchev–Trinajstić information content (AvgIpc) is 3.04. The molecule has 0 aliphatic carbocycles. The number of pyridine rings is 1. The predicted octanol–water partition coefficient (Wildman–Crippen LogP) is 1.05. The first-order valence-corrected chi connectivity index (χ1v) is 8.37. The van der Waals surface area contributed by atoms with E-state index in [0.717, 1.165) is 0 Å². The molecular weight excluding hydrogens is 320 g/mol. The van der Waals surface area contributed by atoms with Crippen LogP contribution in [0.15, 0.2) is 42.1 Å². The molecule has 0 spiro atoms. The molecular formula is C14H18N4O4S. The van der Waals surface area contributed by atoms with E-state index in [1.54, 1.807) is 16.7 Å². The number of methoxy groups -OCH3 is 1. The highest BCUT2D eigenvalue weighted by molar-refractivity contribution is 7.89. The van der Waals surface area contributed by atoms with Crippen LogP contribution in [0.3, 0.4) is 0 Å². The summed E-state index contributed by atoms with van der Waals surface area (Å²) in [7, 11) is -2.80. The van der Waals surface area contributed by atoms with E-state index in [1.807, 2.05) is 13.8 Å². The summed E-state index contributed by atoms with van der Waals surface area (Å²) in [5.41, 5.74) is 0.381. The molecule has 0 saturated carbocycles. The zero-order chi connectivity index (χ0) is 17.0. The van der Waals surface area contributed by atoms with E-state index in [2.05, 4.69) is 19.4 Å². The van der Waals surface area contributed by atoms with E-state index in [-0.39, 0.29) is 11.1 Å². The van der Waals surface area contributed by atoms with Crippen LogP contribution in [0.2, 0.25) is 0 Å². The third-order valence-electron chi connectivity index (χ3n) is 3.18. The van der Waals surface area contributed by atoms with Gasteiger partial charge >= 0.3 is 5.97 Å². The summed E-state index contributed by atoms with van der Waals surface area (Å²) in [6.07, 6.45) is 5.76. The fraction of sp³-hybridized carbons (Fsp3) is 0.357. The first-order chi connectivity index (χ1) is 10.8. The SMILES string of the molecule is COC(=O)[C@@H](NS(=O)(=O)c1cn(C(C)C)cn1)c1cccnc1. The van der Waals surface area contributed by atoms with Crippen molar-refractivity contribution in [3.63, 3.8) is 0 Å². The van der Waals surface area contributed by atoms with Crippen LogP contribution in [-0.2, 0) is 19.6 Å². The molecule has 124 valence electrons. The van der Waals surface area contributed by atoms with E-state index in [0.29, 0.717) is 5.56 Å². The molecule has 0 amide bonds. The predicted molar refractivity (Wildman–Crippen MR) is 81.9 cm³/mol. The van der Waals surface area contributed by atoms with Crippen molar-refractivity contribution in [1.29, 1.82) is 0 Å². The number of hydrogen-bond donors (Lipinski definition) is 1. The standard InChI is InChI=1S/C14H18N4O4S/c1-10(2)18-8-12(16-9-18)23(20,21)17-13(14(19)22-3)11-5-4-6-15-7-11/h4-10,13,17H,1-3H3/t13-/m0/s1. The topological polar surface area (TPSA) is 103 Å². The number of nitrogens with one attached hydrogen (secondary N) is 1. The van der Waals surface area contributed by atoms with Gasteiger partial charge in [-0.2, -0.15) is 4.72 Å². The molecule has 0 fully saturated rings. The Kier molecular flexibility index (Phi) is 5.12. The molecule has 2 heterocycles. The van der Waals surface area contributed by atoms with Gasteiger partial charge in [0, 0.05) is 24.6 Å². The van der Waals surface area contributed by atoms with Gasteiger partial charge in [-0.1, -0.05) is 6.07 Å². The number of ether oxygens (including phenoxy) is 1. The number of carbonyl (C=O) groups excluding carboxylic acids is 1. The smallest absolute Gasteiger partial charge is 0.328 e. The van der Waals surface area contributed by atoms with Gasteiger partial charge in [-0.05, 0) is 25.5 Å². The Morgan fingerprint density at radius 1 is 1.39 bits per heavy atom. The molecule has 0 bridgehead atoms. The van der Waals surface area contributed by atoms with Gasteiger partial charge in [-0.3, -0.25) is 4.98 Å². The molecule has 0 aliphatic heterocycles. The van der Waals surface area contributed by atoms with E-state index < -0.39 is 22.0 Å². The van der Waals surface area contributed by atoms with Crippen molar-refractivity contribution in [2.45, 2.75) is 31.0 Å². The van der Waals surface area contributed by atoms with Crippen LogP contribution in [0.4, 0.5) is 0 Å². The molecule has 1 atom stereocenters. The van der Waals surface area contributed by atoms with Gasteiger partial charge in [0.25, 0.3) is 10.0 Å². The van der Waals surface area contributed by atoms with Crippen LogP contribution >= 0.6 is 0 Å². The van der Waals surface area contributed by atoms with Gasteiger partial charge in [0.15, 0.2) is 5.03 Å². The van der Waals surface area contributed by atoms with Crippen molar-refractivity contribution in [3.05, 3.63) is 42.6 Å². The van der Waals surface area contributed by atoms with Crippen molar-refractivity contribution in [2.75, 3.05) is 7.11 Å². The quantitative estimate of drug-likeness (QED) is 0.790. The van der Waals surface area contributed by atoms with Crippen LogP contribution in [-0.4, -0.2) is 36.0 Å². The highest BCUT2D eigenvalue weighted by Gasteiger charge is 2.29. The lowest BCUT2D eigenvalue weighted by molar-refractivity contribution is -0.142. The minimum Gasteiger partial charge on any atom is -0.468 e. The fourth-order valence-electron chi connectivity index (χ4n) is 1.87. The Morgan fingerprint density at radius 3 is 2.65 bits per heavy atom. The second kappa shape index (κ2) is 6.88. The molecule has 0 radical (unpaired) electrons. The molecule has 0 aromatic carbocycles. The first kappa shape index (κ1) is 17.1. The minimum absolute atomic E-state index is 0.0705. The number of sulfonamides is 1. The second-order valence-corrected chi connectivity index (χ2v) is 6.78. The molecule has 8 nitrogen and oxygen atoms in total. The summed E-state index contributed by atoms with van der Waals surface area (Å²) in [6.45, 7) is 3.80. The molecule has 2 rings (SSSR count). The van der Waals surface area contributed by atoms with E-state index >= 15 is 0 Å². The van der Waals surface area contributed by atoms with Crippen molar-refractivity contribution in [2.24, 2.45) is 0 Å². The van der Waals surface area contributed by atoms with Gasteiger partial charge in [-0.25, -0.2) is 18.2 Å². The summed E-state index contributed by atoms with van der Waals surface area (Å²) < 4.78 is 33.6. The van der Waals surface area contributed by atoms with E-state index in [4.69, 9.17) is 0 Å². The van der Waals surface area contributed by atoms with Gasteiger partial charge in [-0.15, -0.1) is 0 Å². The molecule has 9 heteroatoms. The number of carbonyl (C=O) groups is 1. The van der Waals surface area contributed by atoms with E-state index in [9.17, 15) is 13.2 Å². The maximum absolute atomic E-state index is 12.5. The maximum atomic E-state index is 12.5. The number of aromatic nitrogens is 3. The lowest BCUT2D eigenvalue weighted by Crippen LogP contribution is -2.34. The molecule has 1 N–H and O–H groups in total. The van der Waals surface area contributed by atoms with Crippen molar-refractivity contribution < 1.29 is 17.9 Å². The number of imidazole rings is 1. The lowest BCUT2D eigenvalue weighted by atomic mass is 10.1. The van der Waals surface area contributed by atoms with Crippen LogP contribution in [0.1, 0.15) is 31.5 Å². The largest absolute Gasteiger partial charge is 0.468 e. The molecule has 2 aromatic heterocycles. The molecule has 2 aromatic rings. The minimum atomic E-state index is -3.99. The molecule has 0 saturated heterocycles. The van der Waals surface area contributed by atoms with Gasteiger partial charge < -0.3 is 9.30 Å². The number of hydrogen-bond acceptors (Lipinski definition) is 6. The lowest BCUT2D eigenvalue weighted by Gasteiger charge is -2.15. The van der Waals surface area contributed by atoms with Crippen LogP contribution in [0.5, 0.6) is 0 Å². The van der Waals surface area contributed by atoms with Gasteiger partial charge in [0.2, 0.25) is 0 Å². The molecule has 0 aliphatic rings. The van der Waals surface area contributed by atoms with Crippen molar-refractivity contribution in [3.8, 4) is 0 Å². The highest BCUT2D eigenvalue weighted by atomic mass is 32.2. The number of esters is 1. The molecule has 0 unspecified atom stereocenters. The van der Waals surface area contributed by atoms with Crippen LogP contribution in [0.25, 0.3) is 0 Å². The average molecular weight is 338 g/mol. The molecule has 23 heavy (non-hydrogen) atoms. The Morgan fingerprint density at radius 2 is 2.13 bits per heavy atom. The van der Waals surface area contributed by atoms with E-state index in [1.165, 1.54) is 32.0 Å². The Labute approximate surface area is 134 Å². The number of rotatable bonds is 6. The van der Waals surface area contributed by atoms with Crippen LogP contribution < -0.4 is 4.72 Å². The summed E-state index contributed by atoms with van der Waals surface area (Å²) in [6, 6.07) is 2.07. The van der Waals surface area contributed by atoms with Gasteiger partial charge in [0.05, 0.1) is 13.4 Å². The third-order valence-corrected chi connectivity index (χ3v) is 4.48. The maximum Gasteiger partial charge on any atom is 0.328 e. The number of nitrogens with zero attached hydrogens (tertiary/aromatic N) is 3. The normalized spacial score (nSPS) is 13.0. The van der Waals surface area contributed by atoms with Crippen molar-refractivity contribution >= 4 is 16.0 Å². The Hall–Kier alpha value is -2.26. The zero-order valence-electron chi connectivity index (χ0n) is 13.0. The Bertz CT molecular complexity index is 771. The van der Waals surface area contributed by atoms with Crippen molar-refractivity contribution in [1.82, 2.24) is 19.3 Å². The monoisotopic (exact) mass is 338 g/mol. The Balaban J connectivity index is 2.32. The summed E-state index contributed by atoms with van der Waals surface area (Å²) in [4.78, 5) is 19.7. The highest BCUT2D eigenvalue weighted by Crippen LogP contribution is 2.18.